The standard InChI is InChI=1S/C9H7ClN4O3/c10-8-3-7(14(16)17)1-2-9(8)13-4-6(5-15)11-12-13/h1-4,15H,5H2. The summed E-state index contributed by atoms with van der Waals surface area (Å²) in [5, 5.41) is 27.0. The molecule has 0 spiro atoms. The molecule has 0 unspecified atom stereocenters. The van der Waals surface area contributed by atoms with Crippen molar-refractivity contribution in [1.29, 1.82) is 0 Å². The molecule has 0 bridgehead atoms. The molecule has 8 heteroatoms. The number of aliphatic hydroxyl groups is 1. The third-order valence-corrected chi connectivity index (χ3v) is 2.39. The molecule has 0 aliphatic rings. The van der Waals surface area contributed by atoms with Crippen LogP contribution in [-0.2, 0) is 6.61 Å². The zero-order valence-corrected chi connectivity index (χ0v) is 9.20. The number of hydrogen-bond acceptors (Lipinski definition) is 5. The maximum Gasteiger partial charge on any atom is 0.271 e. The Morgan fingerprint density at radius 3 is 2.82 bits per heavy atom. The number of nitro benzene ring substituents is 1. The van der Waals surface area contributed by atoms with Crippen molar-refractivity contribution in [2.75, 3.05) is 0 Å². The van der Waals surface area contributed by atoms with E-state index in [0.717, 1.165) is 0 Å². The van der Waals surface area contributed by atoms with Crippen LogP contribution in [-0.4, -0.2) is 25.0 Å². The lowest BCUT2D eigenvalue weighted by Crippen LogP contribution is -1.97. The first-order chi connectivity index (χ1) is 8.11. The summed E-state index contributed by atoms with van der Waals surface area (Å²) in [7, 11) is 0. The summed E-state index contributed by atoms with van der Waals surface area (Å²) in [5.41, 5.74) is 0.755. The van der Waals surface area contributed by atoms with Crippen LogP contribution in [0.2, 0.25) is 5.02 Å². The highest BCUT2D eigenvalue weighted by Crippen LogP contribution is 2.24. The van der Waals surface area contributed by atoms with Gasteiger partial charge in [0.1, 0.15) is 5.69 Å². The zero-order chi connectivity index (χ0) is 12.4. The van der Waals surface area contributed by atoms with E-state index in [1.54, 1.807) is 0 Å². The number of halogens is 1. The van der Waals surface area contributed by atoms with Gasteiger partial charge in [-0.05, 0) is 6.07 Å². The quantitative estimate of drug-likeness (QED) is 0.658. The van der Waals surface area contributed by atoms with Crippen molar-refractivity contribution < 1.29 is 10.0 Å². The number of nitro groups is 1. The molecular weight excluding hydrogens is 248 g/mol. The van der Waals surface area contributed by atoms with Crippen LogP contribution in [0.25, 0.3) is 5.69 Å². The number of nitrogens with zero attached hydrogens (tertiary/aromatic N) is 4. The second-order valence-corrected chi connectivity index (χ2v) is 3.61. The largest absolute Gasteiger partial charge is 0.390 e. The van der Waals surface area contributed by atoms with Gasteiger partial charge in [0.2, 0.25) is 0 Å². The highest BCUT2D eigenvalue weighted by molar-refractivity contribution is 6.32. The third-order valence-electron chi connectivity index (χ3n) is 2.09. The minimum absolute atomic E-state index is 0.0961. The smallest absolute Gasteiger partial charge is 0.271 e. The molecule has 0 saturated carbocycles. The highest BCUT2D eigenvalue weighted by Gasteiger charge is 2.11. The summed E-state index contributed by atoms with van der Waals surface area (Å²) in [6.45, 7) is -0.232. The number of rotatable bonds is 3. The Balaban J connectivity index is 2.42. The maximum absolute atomic E-state index is 10.5. The summed E-state index contributed by atoms with van der Waals surface area (Å²) in [6.07, 6.45) is 1.49. The van der Waals surface area contributed by atoms with Crippen LogP contribution in [0.4, 0.5) is 5.69 Å². The van der Waals surface area contributed by atoms with E-state index in [2.05, 4.69) is 10.3 Å². The lowest BCUT2D eigenvalue weighted by atomic mass is 10.3. The van der Waals surface area contributed by atoms with E-state index in [0.29, 0.717) is 11.4 Å². The van der Waals surface area contributed by atoms with Crippen molar-refractivity contribution in [3.63, 3.8) is 0 Å². The number of hydrogen-bond donors (Lipinski definition) is 1. The summed E-state index contributed by atoms with van der Waals surface area (Å²) in [6, 6.07) is 4.02. The molecule has 17 heavy (non-hydrogen) atoms. The Kier molecular flexibility index (Phi) is 3.03. The number of aliphatic hydroxyl groups excluding tert-OH is 1. The Morgan fingerprint density at radius 2 is 2.29 bits per heavy atom. The molecule has 0 atom stereocenters. The fraction of sp³-hybridized carbons (Fsp3) is 0.111. The molecule has 2 aromatic rings. The summed E-state index contributed by atoms with van der Waals surface area (Å²) in [5.74, 6) is 0. The van der Waals surface area contributed by atoms with E-state index in [9.17, 15) is 10.1 Å². The van der Waals surface area contributed by atoms with Crippen molar-refractivity contribution in [2.45, 2.75) is 6.61 Å². The Morgan fingerprint density at radius 1 is 1.53 bits per heavy atom. The lowest BCUT2D eigenvalue weighted by Gasteiger charge is -2.02. The second kappa shape index (κ2) is 4.48. The minimum Gasteiger partial charge on any atom is -0.390 e. The van der Waals surface area contributed by atoms with Crippen LogP contribution in [0.5, 0.6) is 0 Å². The fourth-order valence-corrected chi connectivity index (χ4v) is 1.55. The first kappa shape index (κ1) is 11.5. The van der Waals surface area contributed by atoms with E-state index < -0.39 is 4.92 Å². The van der Waals surface area contributed by atoms with Gasteiger partial charge in [0.05, 0.1) is 28.4 Å². The molecule has 7 nitrogen and oxygen atoms in total. The Bertz CT molecular complexity index is 569. The number of benzene rings is 1. The number of aromatic nitrogens is 3. The van der Waals surface area contributed by atoms with E-state index in [1.165, 1.54) is 29.1 Å². The van der Waals surface area contributed by atoms with Gasteiger partial charge in [-0.1, -0.05) is 16.8 Å². The molecule has 1 aromatic carbocycles. The van der Waals surface area contributed by atoms with Gasteiger partial charge < -0.3 is 5.11 Å². The summed E-state index contributed by atoms with van der Waals surface area (Å²) in [4.78, 5) is 10.00. The predicted octanol–water partition coefficient (Wildman–Crippen LogP) is 1.32. The summed E-state index contributed by atoms with van der Waals surface area (Å²) < 4.78 is 1.34. The van der Waals surface area contributed by atoms with Crippen LogP contribution >= 0.6 is 11.6 Å². The first-order valence-corrected chi connectivity index (χ1v) is 4.96. The van der Waals surface area contributed by atoms with Gasteiger partial charge in [0, 0.05) is 12.1 Å². The van der Waals surface area contributed by atoms with Gasteiger partial charge in [-0.2, -0.15) is 0 Å². The Labute approximate surface area is 100 Å². The van der Waals surface area contributed by atoms with Crippen molar-refractivity contribution in [3.05, 3.63) is 45.2 Å². The average molecular weight is 255 g/mol. The molecule has 0 aliphatic heterocycles. The van der Waals surface area contributed by atoms with E-state index in [4.69, 9.17) is 16.7 Å². The fourth-order valence-electron chi connectivity index (χ4n) is 1.28. The molecule has 1 aromatic heterocycles. The molecule has 0 fully saturated rings. The molecule has 2 rings (SSSR count). The van der Waals surface area contributed by atoms with Gasteiger partial charge in [-0.15, -0.1) is 5.10 Å². The Hall–Kier alpha value is -1.99. The molecule has 0 amide bonds. The molecule has 0 aliphatic carbocycles. The monoisotopic (exact) mass is 254 g/mol. The molecule has 88 valence electrons. The molecule has 1 heterocycles. The van der Waals surface area contributed by atoms with E-state index >= 15 is 0 Å². The molecular formula is C9H7ClN4O3. The SMILES string of the molecule is O=[N+]([O-])c1ccc(-n2cc(CO)nn2)c(Cl)c1. The van der Waals surface area contributed by atoms with Crippen LogP contribution in [0, 0.1) is 10.1 Å². The third kappa shape index (κ3) is 2.24. The van der Waals surface area contributed by atoms with Gasteiger partial charge in [-0.25, -0.2) is 4.68 Å². The van der Waals surface area contributed by atoms with Crippen molar-refractivity contribution in [3.8, 4) is 5.69 Å². The zero-order valence-electron chi connectivity index (χ0n) is 8.45. The predicted molar refractivity (Wildman–Crippen MR) is 58.9 cm³/mol. The average Bonchev–Trinajstić information content (AvgIpc) is 2.77. The van der Waals surface area contributed by atoms with E-state index in [1.807, 2.05) is 0 Å². The lowest BCUT2D eigenvalue weighted by molar-refractivity contribution is -0.384. The van der Waals surface area contributed by atoms with Gasteiger partial charge >= 0.3 is 0 Å². The van der Waals surface area contributed by atoms with Gasteiger partial charge in [-0.3, -0.25) is 10.1 Å². The molecule has 0 saturated heterocycles. The van der Waals surface area contributed by atoms with Crippen LogP contribution in [0.15, 0.2) is 24.4 Å². The van der Waals surface area contributed by atoms with Crippen LogP contribution < -0.4 is 0 Å². The first-order valence-electron chi connectivity index (χ1n) is 4.58. The van der Waals surface area contributed by atoms with Gasteiger partial charge in [0.15, 0.2) is 0 Å². The topological polar surface area (TPSA) is 94.1 Å². The maximum atomic E-state index is 10.5. The van der Waals surface area contributed by atoms with E-state index in [-0.39, 0.29) is 17.3 Å². The van der Waals surface area contributed by atoms with Crippen molar-refractivity contribution in [2.24, 2.45) is 0 Å². The minimum atomic E-state index is -0.532. The normalized spacial score (nSPS) is 10.5. The molecule has 1 N–H and O–H groups in total. The van der Waals surface area contributed by atoms with Crippen molar-refractivity contribution >= 4 is 17.3 Å². The van der Waals surface area contributed by atoms with Gasteiger partial charge in [0.25, 0.3) is 5.69 Å². The van der Waals surface area contributed by atoms with Crippen LogP contribution in [0.1, 0.15) is 5.69 Å². The summed E-state index contributed by atoms with van der Waals surface area (Å²) >= 11 is 5.90. The van der Waals surface area contributed by atoms with Crippen molar-refractivity contribution in [1.82, 2.24) is 15.0 Å². The molecule has 0 radical (unpaired) electrons. The second-order valence-electron chi connectivity index (χ2n) is 3.21. The number of non-ortho nitro benzene ring substituents is 1. The highest BCUT2D eigenvalue weighted by atomic mass is 35.5. The van der Waals surface area contributed by atoms with Crippen LogP contribution in [0.3, 0.4) is 0 Å².